The first-order valence-electron chi connectivity index (χ1n) is 7.16. The van der Waals surface area contributed by atoms with Gasteiger partial charge >= 0.3 is 5.97 Å². The van der Waals surface area contributed by atoms with Crippen molar-refractivity contribution in [2.24, 2.45) is 0 Å². The Balaban J connectivity index is 2.21. The minimum absolute atomic E-state index is 0.0874. The van der Waals surface area contributed by atoms with Crippen LogP contribution in [0.15, 0.2) is 54.6 Å². The number of aliphatic carboxylic acids is 1. The predicted molar refractivity (Wildman–Crippen MR) is 84.7 cm³/mol. The first-order chi connectivity index (χ1) is 10.6. The third-order valence-electron chi connectivity index (χ3n) is 3.51. The number of aryl methyl sites for hydroxylation is 1. The van der Waals surface area contributed by atoms with Gasteiger partial charge in [0.2, 0.25) is 5.91 Å². The molecule has 0 saturated carbocycles. The highest BCUT2D eigenvalue weighted by Gasteiger charge is 2.18. The number of carbonyl (C=O) groups is 2. The standard InChI is InChI=1S/C18H19NO3/c1-13-7-9-15(10-8-13)16(14-5-3-2-4-6-14)11-17(20)19-12-18(21)22/h2-10,16H,11-12H2,1H3,(H,19,20)(H,21,22)/t16-/m0/s1. The summed E-state index contributed by atoms with van der Waals surface area (Å²) in [6.07, 6.45) is 0.223. The van der Waals surface area contributed by atoms with Crippen molar-refractivity contribution in [3.05, 3.63) is 71.3 Å². The lowest BCUT2D eigenvalue weighted by atomic mass is 9.88. The van der Waals surface area contributed by atoms with Crippen LogP contribution in [0.4, 0.5) is 0 Å². The van der Waals surface area contributed by atoms with E-state index in [9.17, 15) is 9.59 Å². The zero-order valence-electron chi connectivity index (χ0n) is 12.5. The average molecular weight is 297 g/mol. The summed E-state index contributed by atoms with van der Waals surface area (Å²) in [5.41, 5.74) is 3.24. The van der Waals surface area contributed by atoms with E-state index in [-0.39, 0.29) is 24.8 Å². The van der Waals surface area contributed by atoms with Gasteiger partial charge in [-0.3, -0.25) is 9.59 Å². The fraction of sp³-hybridized carbons (Fsp3) is 0.222. The van der Waals surface area contributed by atoms with Crippen LogP contribution in [0.2, 0.25) is 0 Å². The molecule has 0 spiro atoms. The maximum Gasteiger partial charge on any atom is 0.322 e. The molecular formula is C18H19NO3. The number of nitrogens with one attached hydrogen (secondary N) is 1. The average Bonchev–Trinajstić information content (AvgIpc) is 2.52. The van der Waals surface area contributed by atoms with Crippen LogP contribution in [0.25, 0.3) is 0 Å². The Hall–Kier alpha value is -2.62. The summed E-state index contributed by atoms with van der Waals surface area (Å²) in [4.78, 5) is 22.5. The predicted octanol–water partition coefficient (Wildman–Crippen LogP) is 2.72. The SMILES string of the molecule is Cc1ccc([C@@H](CC(=O)NCC(=O)O)c2ccccc2)cc1. The van der Waals surface area contributed by atoms with Gasteiger partial charge in [-0.2, -0.15) is 0 Å². The lowest BCUT2D eigenvalue weighted by Crippen LogP contribution is -2.30. The van der Waals surface area contributed by atoms with Gasteiger partial charge in [-0.1, -0.05) is 60.2 Å². The van der Waals surface area contributed by atoms with Crippen LogP contribution in [-0.2, 0) is 9.59 Å². The van der Waals surface area contributed by atoms with Gasteiger partial charge in [0.05, 0.1) is 0 Å². The summed E-state index contributed by atoms with van der Waals surface area (Å²) in [5.74, 6) is -1.40. The maximum atomic E-state index is 12.0. The second-order valence-electron chi connectivity index (χ2n) is 5.25. The number of carboxylic acids is 1. The topological polar surface area (TPSA) is 66.4 Å². The Morgan fingerprint density at radius 3 is 2.18 bits per heavy atom. The number of carboxylic acid groups (broad SMARTS) is 1. The highest BCUT2D eigenvalue weighted by atomic mass is 16.4. The van der Waals surface area contributed by atoms with Gasteiger partial charge in [-0.25, -0.2) is 0 Å². The fourth-order valence-corrected chi connectivity index (χ4v) is 2.34. The highest BCUT2D eigenvalue weighted by Crippen LogP contribution is 2.28. The van der Waals surface area contributed by atoms with Crippen LogP contribution in [0, 0.1) is 6.92 Å². The Bertz CT molecular complexity index is 635. The highest BCUT2D eigenvalue weighted by molar-refractivity contribution is 5.82. The molecule has 0 aliphatic carbocycles. The van der Waals surface area contributed by atoms with Gasteiger partial charge < -0.3 is 10.4 Å². The zero-order valence-corrected chi connectivity index (χ0v) is 12.5. The molecule has 1 amide bonds. The molecule has 114 valence electrons. The molecule has 0 aromatic heterocycles. The molecule has 0 heterocycles. The molecule has 0 saturated heterocycles. The second kappa shape index (κ2) is 7.41. The molecule has 0 unspecified atom stereocenters. The molecule has 0 bridgehead atoms. The lowest BCUT2D eigenvalue weighted by Gasteiger charge is -2.18. The van der Waals surface area contributed by atoms with E-state index < -0.39 is 5.97 Å². The Labute approximate surface area is 129 Å². The third kappa shape index (κ3) is 4.45. The molecule has 2 aromatic rings. The third-order valence-corrected chi connectivity index (χ3v) is 3.51. The molecule has 2 aromatic carbocycles. The maximum absolute atomic E-state index is 12.0. The second-order valence-corrected chi connectivity index (χ2v) is 5.25. The molecule has 0 aliphatic heterocycles. The van der Waals surface area contributed by atoms with Crippen molar-refractivity contribution in [2.45, 2.75) is 19.3 Å². The minimum Gasteiger partial charge on any atom is -0.480 e. The van der Waals surface area contributed by atoms with Crippen molar-refractivity contribution >= 4 is 11.9 Å². The van der Waals surface area contributed by atoms with E-state index in [0.29, 0.717) is 0 Å². The van der Waals surface area contributed by atoms with Crippen LogP contribution in [0.1, 0.15) is 29.0 Å². The zero-order chi connectivity index (χ0) is 15.9. The lowest BCUT2D eigenvalue weighted by molar-refractivity contribution is -0.137. The fourth-order valence-electron chi connectivity index (χ4n) is 2.34. The van der Waals surface area contributed by atoms with Crippen molar-refractivity contribution in [1.82, 2.24) is 5.32 Å². The largest absolute Gasteiger partial charge is 0.480 e. The van der Waals surface area contributed by atoms with Gasteiger partial charge in [0.1, 0.15) is 6.54 Å². The summed E-state index contributed by atoms with van der Waals surface area (Å²) in [6, 6.07) is 17.8. The number of amides is 1. The van der Waals surface area contributed by atoms with Crippen molar-refractivity contribution in [3.63, 3.8) is 0 Å². The van der Waals surface area contributed by atoms with Crippen LogP contribution in [-0.4, -0.2) is 23.5 Å². The molecule has 2 N–H and O–H groups in total. The normalized spacial score (nSPS) is 11.7. The quantitative estimate of drug-likeness (QED) is 0.861. The Morgan fingerprint density at radius 2 is 1.59 bits per heavy atom. The van der Waals surface area contributed by atoms with Gasteiger partial charge in [0.25, 0.3) is 0 Å². The van der Waals surface area contributed by atoms with Crippen molar-refractivity contribution < 1.29 is 14.7 Å². The van der Waals surface area contributed by atoms with E-state index in [1.165, 1.54) is 0 Å². The van der Waals surface area contributed by atoms with Gasteiger partial charge in [-0.05, 0) is 18.1 Å². The van der Waals surface area contributed by atoms with E-state index in [0.717, 1.165) is 16.7 Å². The number of carbonyl (C=O) groups excluding carboxylic acids is 1. The number of benzene rings is 2. The molecular weight excluding hydrogens is 278 g/mol. The van der Waals surface area contributed by atoms with E-state index >= 15 is 0 Å². The van der Waals surface area contributed by atoms with Gasteiger partial charge in [0, 0.05) is 12.3 Å². The van der Waals surface area contributed by atoms with Crippen LogP contribution >= 0.6 is 0 Å². The minimum atomic E-state index is -1.04. The van der Waals surface area contributed by atoms with Gasteiger partial charge in [0.15, 0.2) is 0 Å². The molecule has 0 radical (unpaired) electrons. The number of hydrogen-bond donors (Lipinski definition) is 2. The van der Waals surface area contributed by atoms with E-state index in [2.05, 4.69) is 5.32 Å². The van der Waals surface area contributed by atoms with E-state index in [4.69, 9.17) is 5.11 Å². The summed E-state index contributed by atoms with van der Waals surface area (Å²) in [7, 11) is 0. The summed E-state index contributed by atoms with van der Waals surface area (Å²) >= 11 is 0. The number of hydrogen-bond acceptors (Lipinski definition) is 2. The Kier molecular flexibility index (Phi) is 5.31. The summed E-state index contributed by atoms with van der Waals surface area (Å²) < 4.78 is 0. The van der Waals surface area contributed by atoms with Crippen molar-refractivity contribution in [3.8, 4) is 0 Å². The van der Waals surface area contributed by atoms with E-state index in [1.807, 2.05) is 61.5 Å². The molecule has 4 nitrogen and oxygen atoms in total. The van der Waals surface area contributed by atoms with E-state index in [1.54, 1.807) is 0 Å². The summed E-state index contributed by atoms with van der Waals surface area (Å²) in [6.45, 7) is 1.66. The molecule has 0 fully saturated rings. The molecule has 1 atom stereocenters. The van der Waals surface area contributed by atoms with Crippen molar-refractivity contribution in [1.29, 1.82) is 0 Å². The van der Waals surface area contributed by atoms with Crippen LogP contribution < -0.4 is 5.32 Å². The molecule has 2 rings (SSSR count). The van der Waals surface area contributed by atoms with Crippen LogP contribution in [0.5, 0.6) is 0 Å². The number of rotatable bonds is 6. The van der Waals surface area contributed by atoms with Crippen molar-refractivity contribution in [2.75, 3.05) is 6.54 Å². The monoisotopic (exact) mass is 297 g/mol. The molecule has 22 heavy (non-hydrogen) atoms. The molecule has 4 heteroatoms. The van der Waals surface area contributed by atoms with Gasteiger partial charge in [-0.15, -0.1) is 0 Å². The smallest absolute Gasteiger partial charge is 0.322 e. The Morgan fingerprint density at radius 1 is 1.00 bits per heavy atom. The van der Waals surface area contributed by atoms with Crippen LogP contribution in [0.3, 0.4) is 0 Å². The first kappa shape index (κ1) is 15.8. The molecule has 0 aliphatic rings. The first-order valence-corrected chi connectivity index (χ1v) is 7.16. The summed E-state index contributed by atoms with van der Waals surface area (Å²) in [5, 5.41) is 11.1.